The van der Waals surface area contributed by atoms with Crippen LogP contribution >= 0.6 is 11.3 Å². The van der Waals surface area contributed by atoms with Gasteiger partial charge in [0.25, 0.3) is 0 Å². The molecule has 2 aromatic heterocycles. The minimum absolute atomic E-state index is 0.810. The number of hydrogen-bond acceptors (Lipinski definition) is 4. The fraction of sp³-hybridized carbons (Fsp3) is 0.455. The molecule has 0 fully saturated rings. The monoisotopic (exact) mass is 236 g/mol. The van der Waals surface area contributed by atoms with Crippen LogP contribution in [-0.2, 0) is 26.6 Å². The van der Waals surface area contributed by atoms with Crippen molar-refractivity contribution in [2.75, 3.05) is 0 Å². The molecule has 0 spiro atoms. The van der Waals surface area contributed by atoms with Crippen LogP contribution in [0.3, 0.4) is 0 Å². The largest absolute Gasteiger partial charge is 0.306 e. The summed E-state index contributed by atoms with van der Waals surface area (Å²) in [6.45, 7) is 3.92. The van der Waals surface area contributed by atoms with Gasteiger partial charge in [-0.05, 0) is 23.4 Å². The van der Waals surface area contributed by atoms with Gasteiger partial charge in [0, 0.05) is 25.0 Å². The molecule has 1 N–H and O–H groups in total. The molecule has 0 unspecified atom stereocenters. The third kappa shape index (κ3) is 2.48. The van der Waals surface area contributed by atoms with Crippen molar-refractivity contribution in [1.82, 2.24) is 20.3 Å². The highest BCUT2D eigenvalue weighted by molar-refractivity contribution is 7.10. The summed E-state index contributed by atoms with van der Waals surface area (Å²) in [5.74, 6) is 0. The lowest BCUT2D eigenvalue weighted by atomic mass is 10.2. The van der Waals surface area contributed by atoms with E-state index in [1.807, 2.05) is 18.4 Å². The van der Waals surface area contributed by atoms with Gasteiger partial charge in [-0.25, -0.2) is 0 Å². The molecule has 0 radical (unpaired) electrons. The van der Waals surface area contributed by atoms with E-state index >= 15 is 0 Å². The van der Waals surface area contributed by atoms with Crippen LogP contribution in [0.25, 0.3) is 0 Å². The molecule has 2 rings (SSSR count). The molecular weight excluding hydrogens is 220 g/mol. The molecule has 86 valence electrons. The van der Waals surface area contributed by atoms with E-state index in [1.54, 1.807) is 10.9 Å². The molecule has 5 heteroatoms. The quantitative estimate of drug-likeness (QED) is 0.859. The van der Waals surface area contributed by atoms with Crippen LogP contribution in [0.2, 0.25) is 0 Å². The van der Waals surface area contributed by atoms with Crippen LogP contribution < -0.4 is 5.32 Å². The molecule has 0 saturated carbocycles. The Morgan fingerprint density at radius 2 is 2.31 bits per heavy atom. The summed E-state index contributed by atoms with van der Waals surface area (Å²) in [6.07, 6.45) is 2.90. The summed E-state index contributed by atoms with van der Waals surface area (Å²) in [5.41, 5.74) is 2.55. The van der Waals surface area contributed by atoms with Crippen molar-refractivity contribution < 1.29 is 0 Å². The highest BCUT2D eigenvalue weighted by atomic mass is 32.1. The van der Waals surface area contributed by atoms with E-state index < -0.39 is 0 Å². The van der Waals surface area contributed by atoms with E-state index in [1.165, 1.54) is 10.4 Å². The Morgan fingerprint density at radius 3 is 3.00 bits per heavy atom. The normalized spacial score (nSPS) is 10.9. The van der Waals surface area contributed by atoms with Crippen LogP contribution in [0.15, 0.2) is 17.6 Å². The molecule has 0 aliphatic heterocycles. The second-order valence-electron chi connectivity index (χ2n) is 3.68. The van der Waals surface area contributed by atoms with Gasteiger partial charge in [-0.1, -0.05) is 12.1 Å². The number of nitrogens with one attached hydrogen (secondary N) is 1. The molecular formula is C11H16N4S. The van der Waals surface area contributed by atoms with Crippen molar-refractivity contribution in [2.24, 2.45) is 7.05 Å². The summed E-state index contributed by atoms with van der Waals surface area (Å²) in [4.78, 5) is 1.43. The summed E-state index contributed by atoms with van der Waals surface area (Å²) in [7, 11) is 1.91. The number of rotatable bonds is 5. The van der Waals surface area contributed by atoms with Crippen LogP contribution in [0.5, 0.6) is 0 Å². The SMILES string of the molecule is CCc1ccsc1CNCc1cnnn1C. The van der Waals surface area contributed by atoms with Crippen molar-refractivity contribution in [3.63, 3.8) is 0 Å². The minimum Gasteiger partial charge on any atom is -0.306 e. The Labute approximate surface area is 99.3 Å². The predicted molar refractivity (Wildman–Crippen MR) is 65.2 cm³/mol. The fourth-order valence-corrected chi connectivity index (χ4v) is 2.56. The molecule has 0 amide bonds. The number of aryl methyl sites for hydroxylation is 2. The zero-order chi connectivity index (χ0) is 11.4. The van der Waals surface area contributed by atoms with Crippen LogP contribution in [0.4, 0.5) is 0 Å². The number of nitrogens with zero attached hydrogens (tertiary/aromatic N) is 3. The number of thiophene rings is 1. The molecule has 2 aromatic rings. The van der Waals surface area contributed by atoms with Gasteiger partial charge in [-0.15, -0.1) is 16.4 Å². The highest BCUT2D eigenvalue weighted by Crippen LogP contribution is 2.16. The van der Waals surface area contributed by atoms with Crippen molar-refractivity contribution in [1.29, 1.82) is 0 Å². The average molecular weight is 236 g/mol. The first-order chi connectivity index (χ1) is 7.81. The molecule has 0 bridgehead atoms. The van der Waals surface area contributed by atoms with E-state index in [0.717, 1.165) is 25.2 Å². The molecule has 0 atom stereocenters. The predicted octanol–water partition coefficient (Wildman–Crippen LogP) is 1.73. The molecule has 0 aliphatic rings. The first-order valence-electron chi connectivity index (χ1n) is 5.40. The molecule has 16 heavy (non-hydrogen) atoms. The fourth-order valence-electron chi connectivity index (χ4n) is 1.61. The number of hydrogen-bond donors (Lipinski definition) is 1. The lowest BCUT2D eigenvalue weighted by molar-refractivity contribution is 0.618. The first-order valence-corrected chi connectivity index (χ1v) is 6.28. The summed E-state index contributed by atoms with van der Waals surface area (Å²) in [6, 6.07) is 2.20. The third-order valence-electron chi connectivity index (χ3n) is 2.62. The Bertz CT molecular complexity index is 446. The first kappa shape index (κ1) is 11.3. The molecule has 4 nitrogen and oxygen atoms in total. The van der Waals surface area contributed by atoms with Gasteiger partial charge in [0.05, 0.1) is 11.9 Å². The summed E-state index contributed by atoms with van der Waals surface area (Å²) in [5, 5.41) is 13.3. The molecule has 0 aliphatic carbocycles. The van der Waals surface area contributed by atoms with Gasteiger partial charge in [-0.3, -0.25) is 4.68 Å². The van der Waals surface area contributed by atoms with Crippen LogP contribution in [0.1, 0.15) is 23.1 Å². The van der Waals surface area contributed by atoms with Gasteiger partial charge in [0.1, 0.15) is 0 Å². The molecule has 0 saturated heterocycles. The molecule has 0 aromatic carbocycles. The van der Waals surface area contributed by atoms with Gasteiger partial charge >= 0.3 is 0 Å². The zero-order valence-corrected chi connectivity index (χ0v) is 10.4. The van der Waals surface area contributed by atoms with Gasteiger partial charge in [0.2, 0.25) is 0 Å². The van der Waals surface area contributed by atoms with Crippen LogP contribution in [-0.4, -0.2) is 15.0 Å². The molecule has 2 heterocycles. The summed E-state index contributed by atoms with van der Waals surface area (Å²) >= 11 is 1.81. The summed E-state index contributed by atoms with van der Waals surface area (Å²) < 4.78 is 1.79. The highest BCUT2D eigenvalue weighted by Gasteiger charge is 2.03. The van der Waals surface area contributed by atoms with E-state index in [-0.39, 0.29) is 0 Å². The second kappa shape index (κ2) is 5.23. The topological polar surface area (TPSA) is 42.7 Å². The van der Waals surface area contributed by atoms with E-state index in [4.69, 9.17) is 0 Å². The van der Waals surface area contributed by atoms with Gasteiger partial charge < -0.3 is 5.32 Å². The third-order valence-corrected chi connectivity index (χ3v) is 3.58. The van der Waals surface area contributed by atoms with E-state index in [2.05, 4.69) is 34.0 Å². The van der Waals surface area contributed by atoms with E-state index in [9.17, 15) is 0 Å². The lowest BCUT2D eigenvalue weighted by Crippen LogP contribution is -2.15. The van der Waals surface area contributed by atoms with Gasteiger partial charge in [-0.2, -0.15) is 0 Å². The lowest BCUT2D eigenvalue weighted by Gasteiger charge is -2.04. The Hall–Kier alpha value is -1.20. The zero-order valence-electron chi connectivity index (χ0n) is 9.60. The van der Waals surface area contributed by atoms with Crippen molar-refractivity contribution in [2.45, 2.75) is 26.4 Å². The minimum atomic E-state index is 0.810. The van der Waals surface area contributed by atoms with Crippen molar-refractivity contribution >= 4 is 11.3 Å². The van der Waals surface area contributed by atoms with Crippen molar-refractivity contribution in [3.05, 3.63) is 33.8 Å². The smallest absolute Gasteiger partial charge is 0.0738 e. The van der Waals surface area contributed by atoms with Crippen molar-refractivity contribution in [3.8, 4) is 0 Å². The maximum absolute atomic E-state index is 3.90. The number of aromatic nitrogens is 3. The Kier molecular flexibility index (Phi) is 3.69. The Morgan fingerprint density at radius 1 is 1.44 bits per heavy atom. The standard InChI is InChI=1S/C11H16N4S/c1-3-9-4-5-16-11(9)8-12-6-10-7-13-14-15(10)2/h4-5,7,12H,3,6,8H2,1-2H3. The van der Waals surface area contributed by atoms with Crippen LogP contribution in [0, 0.1) is 0 Å². The maximum atomic E-state index is 3.90. The average Bonchev–Trinajstić information content (AvgIpc) is 2.88. The Balaban J connectivity index is 1.87. The van der Waals surface area contributed by atoms with Gasteiger partial charge in [0.15, 0.2) is 0 Å². The van der Waals surface area contributed by atoms with E-state index in [0.29, 0.717) is 0 Å². The second-order valence-corrected chi connectivity index (χ2v) is 4.68. The maximum Gasteiger partial charge on any atom is 0.0738 e.